The number of rotatable bonds is 4. The molecule has 0 amide bonds. The third-order valence-corrected chi connectivity index (χ3v) is 3.32. The third kappa shape index (κ3) is 3.15. The van der Waals surface area contributed by atoms with Crippen molar-refractivity contribution in [3.8, 4) is 5.75 Å². The van der Waals surface area contributed by atoms with Crippen LogP contribution in [-0.2, 0) is 9.47 Å². The highest BCUT2D eigenvalue weighted by molar-refractivity contribution is 5.28. The van der Waals surface area contributed by atoms with E-state index in [1.54, 1.807) is 7.11 Å². The average molecular weight is 264 g/mol. The molecule has 0 aliphatic carbocycles. The maximum absolute atomic E-state index is 9.88. The molecule has 0 bridgehead atoms. The summed E-state index contributed by atoms with van der Waals surface area (Å²) in [7, 11) is 1.63. The topological polar surface area (TPSA) is 47.9 Å². The van der Waals surface area contributed by atoms with Crippen molar-refractivity contribution in [2.45, 2.75) is 25.4 Å². The predicted molar refractivity (Wildman–Crippen MR) is 71.9 cm³/mol. The molecule has 1 fully saturated rings. The summed E-state index contributed by atoms with van der Waals surface area (Å²) in [6, 6.07) is 7.52. The van der Waals surface area contributed by atoms with Crippen molar-refractivity contribution in [3.63, 3.8) is 0 Å². The van der Waals surface area contributed by atoms with Crippen molar-refractivity contribution in [1.29, 1.82) is 0 Å². The van der Waals surface area contributed by atoms with Gasteiger partial charge in [0.2, 0.25) is 0 Å². The first-order valence-electron chi connectivity index (χ1n) is 6.37. The fraction of sp³-hybridized carbons (Fsp3) is 0.467. The highest BCUT2D eigenvalue weighted by Crippen LogP contribution is 2.31. The van der Waals surface area contributed by atoms with Gasteiger partial charge in [-0.05, 0) is 12.1 Å². The summed E-state index contributed by atoms with van der Waals surface area (Å²) in [4.78, 5) is 0. The zero-order valence-electron chi connectivity index (χ0n) is 11.3. The highest BCUT2D eigenvalue weighted by Gasteiger charge is 2.33. The van der Waals surface area contributed by atoms with Crippen molar-refractivity contribution < 1.29 is 19.3 Å². The molecule has 4 nitrogen and oxygen atoms in total. The first kappa shape index (κ1) is 14.1. The molecule has 4 atom stereocenters. The molecule has 104 valence electrons. The molecular formula is C15H20O4. The summed E-state index contributed by atoms with van der Waals surface area (Å²) >= 11 is 0. The van der Waals surface area contributed by atoms with Crippen LogP contribution in [0.25, 0.3) is 0 Å². The average Bonchev–Trinajstić information content (AvgIpc) is 2.47. The van der Waals surface area contributed by atoms with Gasteiger partial charge < -0.3 is 19.3 Å². The van der Waals surface area contributed by atoms with E-state index >= 15 is 0 Å². The minimum absolute atomic E-state index is 0.127. The van der Waals surface area contributed by atoms with E-state index in [0.29, 0.717) is 6.61 Å². The van der Waals surface area contributed by atoms with Crippen LogP contribution in [0.5, 0.6) is 5.75 Å². The highest BCUT2D eigenvalue weighted by atomic mass is 16.7. The van der Waals surface area contributed by atoms with E-state index in [4.69, 9.17) is 14.2 Å². The van der Waals surface area contributed by atoms with Gasteiger partial charge in [0.25, 0.3) is 0 Å². The molecule has 4 heteroatoms. The molecule has 1 saturated heterocycles. The Labute approximate surface area is 113 Å². The Kier molecular flexibility index (Phi) is 4.58. The van der Waals surface area contributed by atoms with Crippen LogP contribution >= 0.6 is 0 Å². The molecule has 1 aliphatic rings. The van der Waals surface area contributed by atoms with E-state index < -0.39 is 12.4 Å². The second-order valence-electron chi connectivity index (χ2n) is 4.74. The van der Waals surface area contributed by atoms with Gasteiger partial charge in [0, 0.05) is 11.5 Å². The van der Waals surface area contributed by atoms with Gasteiger partial charge in [0.15, 0.2) is 6.29 Å². The lowest BCUT2D eigenvalue weighted by molar-refractivity contribution is -0.253. The molecule has 2 unspecified atom stereocenters. The summed E-state index contributed by atoms with van der Waals surface area (Å²) in [5.41, 5.74) is 0.911. The zero-order valence-corrected chi connectivity index (χ0v) is 11.3. The number of ether oxygens (including phenoxy) is 3. The maximum Gasteiger partial charge on any atom is 0.184 e. The zero-order chi connectivity index (χ0) is 13.8. The number of hydrogen-bond acceptors (Lipinski definition) is 4. The van der Waals surface area contributed by atoms with Crippen LogP contribution in [0.1, 0.15) is 18.8 Å². The minimum atomic E-state index is -0.681. The van der Waals surface area contributed by atoms with E-state index in [9.17, 15) is 5.11 Å². The first-order valence-corrected chi connectivity index (χ1v) is 6.37. The van der Waals surface area contributed by atoms with Gasteiger partial charge in [0.1, 0.15) is 5.75 Å². The number of aliphatic hydroxyl groups is 1. The molecule has 0 spiro atoms. The molecule has 19 heavy (non-hydrogen) atoms. The van der Waals surface area contributed by atoms with Crippen molar-refractivity contribution in [2.24, 2.45) is 5.92 Å². The smallest absolute Gasteiger partial charge is 0.184 e. The Morgan fingerprint density at radius 1 is 1.42 bits per heavy atom. The van der Waals surface area contributed by atoms with E-state index in [1.807, 2.05) is 31.2 Å². The van der Waals surface area contributed by atoms with Crippen LogP contribution in [0, 0.1) is 5.92 Å². The molecule has 1 heterocycles. The summed E-state index contributed by atoms with van der Waals surface area (Å²) < 4.78 is 16.6. The van der Waals surface area contributed by atoms with Crippen LogP contribution < -0.4 is 4.74 Å². The van der Waals surface area contributed by atoms with Crippen LogP contribution in [0.4, 0.5) is 0 Å². The lowest BCUT2D eigenvalue weighted by atomic mass is 9.99. The standard InChI is InChI=1S/C15H20O4/c1-4-13(16)14-10(2)9-18-15(19-14)11-5-7-12(17-3)8-6-11/h4-8,10,13-16H,1,9H2,2-3H3/t10-,13?,14+,15?/m1/s1. The molecule has 0 aromatic heterocycles. The number of hydrogen-bond donors (Lipinski definition) is 1. The molecule has 1 N–H and O–H groups in total. The summed E-state index contributed by atoms with van der Waals surface area (Å²) in [6.45, 7) is 6.14. The second-order valence-corrected chi connectivity index (χ2v) is 4.74. The SMILES string of the molecule is C=CC(O)[C@H]1OC(c2ccc(OC)cc2)OC[C@H]1C. The van der Waals surface area contributed by atoms with Crippen LogP contribution in [0.2, 0.25) is 0 Å². The minimum Gasteiger partial charge on any atom is -0.497 e. The summed E-state index contributed by atoms with van der Waals surface area (Å²) in [5, 5.41) is 9.88. The monoisotopic (exact) mass is 264 g/mol. The number of methoxy groups -OCH3 is 1. The summed E-state index contributed by atoms with van der Waals surface area (Å²) in [5.74, 6) is 0.915. The van der Waals surface area contributed by atoms with Crippen molar-refractivity contribution in [1.82, 2.24) is 0 Å². The van der Waals surface area contributed by atoms with Crippen molar-refractivity contribution in [2.75, 3.05) is 13.7 Å². The largest absolute Gasteiger partial charge is 0.497 e. The fourth-order valence-corrected chi connectivity index (χ4v) is 2.14. The quantitative estimate of drug-likeness (QED) is 0.848. The molecular weight excluding hydrogens is 244 g/mol. The predicted octanol–water partition coefficient (Wildman–Crippen LogP) is 2.29. The summed E-state index contributed by atoms with van der Waals surface area (Å²) in [6.07, 6.45) is 0.0668. The van der Waals surface area contributed by atoms with E-state index in [2.05, 4.69) is 6.58 Å². The number of benzene rings is 1. The lowest BCUT2D eigenvalue weighted by Gasteiger charge is -2.36. The molecule has 2 rings (SSSR count). The molecule has 0 saturated carbocycles. The van der Waals surface area contributed by atoms with Gasteiger partial charge in [-0.25, -0.2) is 0 Å². The Hall–Kier alpha value is -1.36. The molecule has 1 aromatic rings. The van der Waals surface area contributed by atoms with E-state index in [1.165, 1.54) is 6.08 Å². The van der Waals surface area contributed by atoms with Crippen LogP contribution in [-0.4, -0.2) is 31.0 Å². The Bertz CT molecular complexity index is 415. The van der Waals surface area contributed by atoms with Crippen molar-refractivity contribution >= 4 is 0 Å². The van der Waals surface area contributed by atoms with Gasteiger partial charge in [0.05, 0.1) is 25.9 Å². The van der Waals surface area contributed by atoms with Gasteiger partial charge in [-0.2, -0.15) is 0 Å². The first-order chi connectivity index (χ1) is 9.15. The molecule has 1 aromatic carbocycles. The maximum atomic E-state index is 9.88. The fourth-order valence-electron chi connectivity index (χ4n) is 2.14. The van der Waals surface area contributed by atoms with Crippen molar-refractivity contribution in [3.05, 3.63) is 42.5 Å². The van der Waals surface area contributed by atoms with Gasteiger partial charge in [-0.15, -0.1) is 6.58 Å². The van der Waals surface area contributed by atoms with E-state index in [0.717, 1.165) is 11.3 Å². The molecule has 0 radical (unpaired) electrons. The third-order valence-electron chi connectivity index (χ3n) is 3.32. The number of aliphatic hydroxyl groups excluding tert-OH is 1. The Morgan fingerprint density at radius 3 is 2.68 bits per heavy atom. The molecule has 1 aliphatic heterocycles. The van der Waals surface area contributed by atoms with E-state index in [-0.39, 0.29) is 12.0 Å². The Morgan fingerprint density at radius 2 is 2.11 bits per heavy atom. The van der Waals surface area contributed by atoms with Gasteiger partial charge in [-0.3, -0.25) is 0 Å². The lowest BCUT2D eigenvalue weighted by Crippen LogP contribution is -2.41. The van der Waals surface area contributed by atoms with Crippen LogP contribution in [0.15, 0.2) is 36.9 Å². The normalized spacial score (nSPS) is 28.7. The second kappa shape index (κ2) is 6.19. The van der Waals surface area contributed by atoms with Crippen LogP contribution in [0.3, 0.4) is 0 Å². The van der Waals surface area contributed by atoms with Gasteiger partial charge >= 0.3 is 0 Å². The Balaban J connectivity index is 2.10. The van der Waals surface area contributed by atoms with Gasteiger partial charge in [-0.1, -0.05) is 25.1 Å².